The lowest BCUT2D eigenvalue weighted by molar-refractivity contribution is -0.138. The average molecular weight is 359 g/mol. The summed E-state index contributed by atoms with van der Waals surface area (Å²) in [5, 5.41) is 11.2. The van der Waals surface area contributed by atoms with Gasteiger partial charge in [-0.15, -0.1) is 0 Å². The van der Waals surface area contributed by atoms with Crippen molar-refractivity contribution in [3.05, 3.63) is 34.3 Å². The number of carbonyl (C=O) groups excluding carboxylic acids is 1. The van der Waals surface area contributed by atoms with Gasteiger partial charge in [-0.05, 0) is 25.3 Å². The molecule has 7 heteroatoms. The fraction of sp³-hybridized carbons (Fsp3) is 0.429. The van der Waals surface area contributed by atoms with Crippen molar-refractivity contribution in [3.8, 4) is 0 Å². The van der Waals surface area contributed by atoms with Crippen LogP contribution in [0, 0.1) is 0 Å². The molecule has 0 unspecified atom stereocenters. The van der Waals surface area contributed by atoms with Gasteiger partial charge in [0.05, 0.1) is 0 Å². The van der Waals surface area contributed by atoms with Gasteiger partial charge in [0.2, 0.25) is 0 Å². The van der Waals surface area contributed by atoms with E-state index in [-0.39, 0.29) is 6.61 Å². The van der Waals surface area contributed by atoms with E-state index in [1.54, 1.807) is 0 Å². The maximum absolute atomic E-state index is 11.5. The highest BCUT2D eigenvalue weighted by molar-refractivity contribution is 9.10. The molecule has 1 rings (SSSR count). The summed E-state index contributed by atoms with van der Waals surface area (Å²) in [5.41, 5.74) is 6.26. The Morgan fingerprint density at radius 2 is 2.05 bits per heavy atom. The first-order chi connectivity index (χ1) is 10.0. The second-order valence-electron chi connectivity index (χ2n) is 4.53. The number of carboxylic acid groups (broad SMARTS) is 1. The van der Waals surface area contributed by atoms with Crippen LogP contribution in [0.3, 0.4) is 0 Å². The van der Waals surface area contributed by atoms with Gasteiger partial charge < -0.3 is 20.9 Å². The molecule has 0 aliphatic rings. The summed E-state index contributed by atoms with van der Waals surface area (Å²) in [6.07, 6.45) is 1.19. The molecule has 1 aromatic rings. The quantitative estimate of drug-likeness (QED) is 0.618. The van der Waals surface area contributed by atoms with E-state index in [1.807, 2.05) is 24.3 Å². The van der Waals surface area contributed by atoms with E-state index in [4.69, 9.17) is 15.6 Å². The molecule has 1 aromatic carbocycles. The van der Waals surface area contributed by atoms with Gasteiger partial charge in [0.25, 0.3) is 0 Å². The molecule has 0 aliphatic carbocycles. The fourth-order valence-corrected chi connectivity index (χ4v) is 2.01. The van der Waals surface area contributed by atoms with Crippen molar-refractivity contribution in [1.29, 1.82) is 0 Å². The van der Waals surface area contributed by atoms with Gasteiger partial charge in [-0.25, -0.2) is 4.79 Å². The van der Waals surface area contributed by atoms with Gasteiger partial charge in [0.1, 0.15) is 12.6 Å². The summed E-state index contributed by atoms with van der Waals surface area (Å²) < 4.78 is 5.97. The second-order valence-corrected chi connectivity index (χ2v) is 5.39. The predicted molar refractivity (Wildman–Crippen MR) is 81.8 cm³/mol. The number of ether oxygens (including phenoxy) is 1. The van der Waals surface area contributed by atoms with Crippen molar-refractivity contribution in [2.45, 2.75) is 31.9 Å². The molecule has 1 atom stereocenters. The number of carbonyl (C=O) groups is 2. The molecule has 116 valence electrons. The number of nitrogens with one attached hydrogen (secondary N) is 1. The van der Waals surface area contributed by atoms with E-state index >= 15 is 0 Å². The molecule has 0 bridgehead atoms. The lowest BCUT2D eigenvalue weighted by Gasteiger charge is -2.09. The Labute approximate surface area is 131 Å². The van der Waals surface area contributed by atoms with Gasteiger partial charge in [-0.1, -0.05) is 34.1 Å². The highest BCUT2D eigenvalue weighted by Gasteiger charge is 2.10. The summed E-state index contributed by atoms with van der Waals surface area (Å²) in [5.74, 6) is -1.00. The second kappa shape index (κ2) is 9.36. The van der Waals surface area contributed by atoms with Crippen LogP contribution in [-0.4, -0.2) is 29.8 Å². The van der Waals surface area contributed by atoms with Gasteiger partial charge in [-0.3, -0.25) is 4.79 Å². The molecule has 0 saturated heterocycles. The molecular formula is C14H19BrN2O4. The number of benzene rings is 1. The van der Waals surface area contributed by atoms with Crippen LogP contribution in [0.4, 0.5) is 4.79 Å². The smallest absolute Gasteiger partial charge is 0.407 e. The zero-order chi connectivity index (χ0) is 15.7. The van der Waals surface area contributed by atoms with Gasteiger partial charge >= 0.3 is 12.1 Å². The normalized spacial score (nSPS) is 11.7. The van der Waals surface area contributed by atoms with E-state index in [9.17, 15) is 9.59 Å². The van der Waals surface area contributed by atoms with Crippen LogP contribution >= 0.6 is 15.9 Å². The lowest BCUT2D eigenvalue weighted by Crippen LogP contribution is -2.30. The van der Waals surface area contributed by atoms with E-state index in [0.29, 0.717) is 25.8 Å². The summed E-state index contributed by atoms with van der Waals surface area (Å²) >= 11 is 3.37. The zero-order valence-electron chi connectivity index (χ0n) is 11.5. The summed E-state index contributed by atoms with van der Waals surface area (Å²) in [7, 11) is 0. The summed E-state index contributed by atoms with van der Waals surface area (Å²) in [6.45, 7) is 0.623. The Bertz CT molecular complexity index is 482. The predicted octanol–water partition coefficient (Wildman–Crippen LogP) is 2.26. The number of rotatable bonds is 8. The molecule has 0 fully saturated rings. The number of hydrogen-bond acceptors (Lipinski definition) is 4. The van der Waals surface area contributed by atoms with Crippen molar-refractivity contribution >= 4 is 28.0 Å². The van der Waals surface area contributed by atoms with Crippen LogP contribution in [0.5, 0.6) is 0 Å². The number of unbranched alkanes of at least 4 members (excludes halogenated alkanes) is 1. The van der Waals surface area contributed by atoms with Crippen molar-refractivity contribution in [1.82, 2.24) is 5.32 Å². The van der Waals surface area contributed by atoms with Crippen molar-refractivity contribution < 1.29 is 19.4 Å². The molecule has 6 nitrogen and oxygen atoms in total. The molecule has 1 amide bonds. The largest absolute Gasteiger partial charge is 0.480 e. The molecular weight excluding hydrogens is 340 g/mol. The van der Waals surface area contributed by atoms with E-state index < -0.39 is 18.1 Å². The third kappa shape index (κ3) is 7.10. The third-order valence-electron chi connectivity index (χ3n) is 2.85. The van der Waals surface area contributed by atoms with Crippen LogP contribution in [0.2, 0.25) is 0 Å². The number of halogens is 1. The highest BCUT2D eigenvalue weighted by atomic mass is 79.9. The zero-order valence-corrected chi connectivity index (χ0v) is 13.1. The van der Waals surface area contributed by atoms with Crippen LogP contribution < -0.4 is 11.1 Å². The van der Waals surface area contributed by atoms with Gasteiger partial charge in [0.15, 0.2) is 0 Å². The number of hydrogen-bond donors (Lipinski definition) is 3. The molecule has 0 aliphatic heterocycles. The highest BCUT2D eigenvalue weighted by Crippen LogP contribution is 2.16. The fourth-order valence-electron chi connectivity index (χ4n) is 1.61. The van der Waals surface area contributed by atoms with E-state index in [2.05, 4.69) is 21.2 Å². The molecule has 0 saturated carbocycles. The van der Waals surface area contributed by atoms with Gasteiger partial charge in [-0.2, -0.15) is 0 Å². The van der Waals surface area contributed by atoms with Crippen LogP contribution in [0.1, 0.15) is 24.8 Å². The molecule has 0 heterocycles. The Morgan fingerprint density at radius 3 is 2.71 bits per heavy atom. The van der Waals surface area contributed by atoms with Crippen molar-refractivity contribution in [2.24, 2.45) is 5.73 Å². The van der Waals surface area contributed by atoms with E-state index in [1.165, 1.54) is 0 Å². The summed E-state index contributed by atoms with van der Waals surface area (Å²) in [4.78, 5) is 22.0. The first kappa shape index (κ1) is 17.5. The Balaban J connectivity index is 2.12. The van der Waals surface area contributed by atoms with Crippen LogP contribution in [-0.2, 0) is 16.1 Å². The Morgan fingerprint density at radius 1 is 1.33 bits per heavy atom. The molecule has 4 N–H and O–H groups in total. The first-order valence-electron chi connectivity index (χ1n) is 6.63. The van der Waals surface area contributed by atoms with Crippen molar-refractivity contribution in [3.63, 3.8) is 0 Å². The van der Waals surface area contributed by atoms with Crippen LogP contribution in [0.15, 0.2) is 28.7 Å². The SMILES string of the molecule is N[C@@H](CCCCNC(=O)OCc1ccccc1Br)C(=O)O. The van der Waals surface area contributed by atoms with Crippen molar-refractivity contribution in [2.75, 3.05) is 6.54 Å². The third-order valence-corrected chi connectivity index (χ3v) is 3.62. The molecule has 0 spiro atoms. The minimum absolute atomic E-state index is 0.192. The van der Waals surface area contributed by atoms with Crippen LogP contribution in [0.25, 0.3) is 0 Å². The number of aliphatic carboxylic acids is 1. The minimum atomic E-state index is -1.00. The topological polar surface area (TPSA) is 102 Å². The number of amides is 1. The lowest BCUT2D eigenvalue weighted by atomic mass is 10.1. The average Bonchev–Trinajstić information content (AvgIpc) is 2.45. The molecule has 21 heavy (non-hydrogen) atoms. The standard InChI is InChI=1S/C14H19BrN2O4/c15-11-6-2-1-5-10(11)9-21-14(20)17-8-4-3-7-12(16)13(18)19/h1-2,5-6,12H,3-4,7-9,16H2,(H,17,20)(H,18,19)/t12-/m0/s1. The first-order valence-corrected chi connectivity index (χ1v) is 7.42. The maximum Gasteiger partial charge on any atom is 0.407 e. The maximum atomic E-state index is 11.5. The van der Waals surface area contributed by atoms with Gasteiger partial charge in [0, 0.05) is 16.6 Å². The molecule has 0 aromatic heterocycles. The molecule has 0 radical (unpaired) electrons. The number of nitrogens with two attached hydrogens (primary N) is 1. The van der Waals surface area contributed by atoms with E-state index in [0.717, 1.165) is 10.0 Å². The number of alkyl carbamates (subject to hydrolysis) is 1. The minimum Gasteiger partial charge on any atom is -0.480 e. The monoisotopic (exact) mass is 358 g/mol. The summed E-state index contributed by atoms with van der Waals surface area (Å²) in [6, 6.07) is 6.66. The Kier molecular flexibility index (Phi) is 7.78. The number of carboxylic acids is 1. The Hall–Kier alpha value is -1.60.